The van der Waals surface area contributed by atoms with Gasteiger partial charge in [0.05, 0.1) is 6.54 Å². The Hall–Kier alpha value is -2.12. The van der Waals surface area contributed by atoms with E-state index >= 15 is 0 Å². The zero-order chi connectivity index (χ0) is 11.6. The van der Waals surface area contributed by atoms with Gasteiger partial charge in [-0.15, -0.1) is 0 Å². The number of amides is 6. The Kier molecular flexibility index (Phi) is 2.88. The minimum atomic E-state index is -0.809. The molecular formula is C7H10N4O4. The van der Waals surface area contributed by atoms with E-state index in [2.05, 4.69) is 5.32 Å². The second kappa shape index (κ2) is 3.95. The monoisotopic (exact) mass is 214 g/mol. The Morgan fingerprint density at radius 3 is 2.47 bits per heavy atom. The molecule has 8 nitrogen and oxygen atoms in total. The Bertz CT molecular complexity index is 340. The molecule has 1 aliphatic rings. The Balaban J connectivity index is 2.58. The van der Waals surface area contributed by atoms with Crippen LogP contribution in [-0.2, 0) is 9.59 Å². The number of imide groups is 2. The largest absolute Gasteiger partial charge is 0.368 e. The van der Waals surface area contributed by atoms with Crippen molar-refractivity contribution in [2.45, 2.75) is 0 Å². The molecule has 1 heterocycles. The minimum Gasteiger partial charge on any atom is -0.368 e. The average molecular weight is 214 g/mol. The van der Waals surface area contributed by atoms with Gasteiger partial charge < -0.3 is 11.1 Å². The maximum absolute atomic E-state index is 11.3. The van der Waals surface area contributed by atoms with Crippen molar-refractivity contribution >= 4 is 23.9 Å². The second-order valence-electron chi connectivity index (χ2n) is 2.95. The fourth-order valence-corrected chi connectivity index (χ4v) is 1.01. The predicted molar refractivity (Wildman–Crippen MR) is 47.5 cm³/mol. The van der Waals surface area contributed by atoms with Crippen molar-refractivity contribution in [3.8, 4) is 0 Å². The quantitative estimate of drug-likeness (QED) is 0.521. The summed E-state index contributed by atoms with van der Waals surface area (Å²) in [5, 5.41) is 2.11. The zero-order valence-corrected chi connectivity index (χ0v) is 8.02. The molecule has 0 atom stereocenters. The highest BCUT2D eigenvalue weighted by Gasteiger charge is 2.37. The molecule has 0 radical (unpaired) electrons. The van der Waals surface area contributed by atoms with Crippen LogP contribution < -0.4 is 11.1 Å². The van der Waals surface area contributed by atoms with Crippen LogP contribution in [0.4, 0.5) is 9.59 Å². The molecule has 6 amide bonds. The van der Waals surface area contributed by atoms with E-state index < -0.39 is 23.9 Å². The van der Waals surface area contributed by atoms with Crippen LogP contribution >= 0.6 is 0 Å². The maximum atomic E-state index is 11.3. The number of nitrogens with zero attached hydrogens (tertiary/aromatic N) is 2. The Morgan fingerprint density at radius 2 is 2.07 bits per heavy atom. The number of urea groups is 2. The summed E-state index contributed by atoms with van der Waals surface area (Å²) in [6.07, 6.45) is 0. The zero-order valence-electron chi connectivity index (χ0n) is 8.02. The summed E-state index contributed by atoms with van der Waals surface area (Å²) in [4.78, 5) is 45.4. The summed E-state index contributed by atoms with van der Waals surface area (Å²) in [6, 6.07) is -1.53. The van der Waals surface area contributed by atoms with Gasteiger partial charge in [-0.05, 0) is 0 Å². The summed E-state index contributed by atoms with van der Waals surface area (Å²) < 4.78 is 0. The molecule has 0 spiro atoms. The van der Waals surface area contributed by atoms with E-state index in [1.807, 2.05) is 0 Å². The summed E-state index contributed by atoms with van der Waals surface area (Å²) in [5.74, 6) is -1.20. The lowest BCUT2D eigenvalue weighted by molar-refractivity contribution is -0.124. The Morgan fingerprint density at radius 1 is 1.47 bits per heavy atom. The topological polar surface area (TPSA) is 113 Å². The van der Waals surface area contributed by atoms with Gasteiger partial charge in [0.1, 0.15) is 6.54 Å². The van der Waals surface area contributed by atoms with Gasteiger partial charge in [0.2, 0.25) is 5.91 Å². The predicted octanol–water partition coefficient (Wildman–Crippen LogP) is -1.92. The third-order valence-electron chi connectivity index (χ3n) is 1.84. The number of carbonyl (C=O) groups excluding carboxylic acids is 4. The van der Waals surface area contributed by atoms with Crippen molar-refractivity contribution in [2.24, 2.45) is 5.73 Å². The normalized spacial score (nSPS) is 15.8. The van der Waals surface area contributed by atoms with Crippen molar-refractivity contribution in [1.82, 2.24) is 15.1 Å². The van der Waals surface area contributed by atoms with Gasteiger partial charge in [0, 0.05) is 7.05 Å². The van der Waals surface area contributed by atoms with Crippen LogP contribution in [0, 0.1) is 0 Å². The van der Waals surface area contributed by atoms with Crippen LogP contribution in [0.1, 0.15) is 0 Å². The number of nitrogens with one attached hydrogen (secondary N) is 1. The molecule has 15 heavy (non-hydrogen) atoms. The van der Waals surface area contributed by atoms with Crippen molar-refractivity contribution in [1.29, 1.82) is 0 Å². The Labute approximate surface area is 85.0 Å². The molecule has 0 aliphatic carbocycles. The molecule has 0 unspecified atom stereocenters. The summed E-state index contributed by atoms with van der Waals surface area (Å²) in [5.41, 5.74) is 4.79. The number of likely N-dealkylation sites (N-methyl/N-ethyl adjacent to an activating group) is 1. The number of rotatable bonds is 2. The SMILES string of the molecule is CN1C(=O)CN(C(=O)NCC(N)=O)C1=O. The van der Waals surface area contributed by atoms with Gasteiger partial charge >= 0.3 is 12.1 Å². The molecule has 1 aliphatic heterocycles. The molecule has 1 saturated heterocycles. The van der Waals surface area contributed by atoms with Crippen LogP contribution in [0.25, 0.3) is 0 Å². The first kappa shape index (κ1) is 11.0. The number of primary amides is 1. The first-order valence-corrected chi connectivity index (χ1v) is 4.07. The van der Waals surface area contributed by atoms with Crippen LogP contribution in [0.15, 0.2) is 0 Å². The standard InChI is InChI=1S/C7H10N4O4/c1-10-5(13)3-11(7(10)15)6(14)9-2-4(8)12/h2-3H2,1H3,(H2,8,12)(H,9,14). The third-order valence-corrected chi connectivity index (χ3v) is 1.84. The first-order valence-electron chi connectivity index (χ1n) is 4.07. The molecule has 3 N–H and O–H groups in total. The smallest absolute Gasteiger partial charge is 0.335 e. The molecule has 0 saturated carbocycles. The van der Waals surface area contributed by atoms with E-state index in [1.165, 1.54) is 7.05 Å². The molecular weight excluding hydrogens is 204 g/mol. The van der Waals surface area contributed by atoms with Crippen molar-refractivity contribution in [3.05, 3.63) is 0 Å². The fraction of sp³-hybridized carbons (Fsp3) is 0.429. The van der Waals surface area contributed by atoms with Gasteiger partial charge in [-0.1, -0.05) is 0 Å². The highest BCUT2D eigenvalue weighted by molar-refractivity contribution is 6.09. The van der Waals surface area contributed by atoms with E-state index in [9.17, 15) is 19.2 Å². The van der Waals surface area contributed by atoms with E-state index in [4.69, 9.17) is 5.73 Å². The van der Waals surface area contributed by atoms with Crippen LogP contribution in [0.5, 0.6) is 0 Å². The first-order chi connectivity index (χ1) is 6.93. The van der Waals surface area contributed by atoms with Crippen molar-refractivity contribution in [3.63, 3.8) is 0 Å². The van der Waals surface area contributed by atoms with Gasteiger partial charge in [-0.3, -0.25) is 14.5 Å². The van der Waals surface area contributed by atoms with E-state index in [1.54, 1.807) is 0 Å². The van der Waals surface area contributed by atoms with Crippen LogP contribution in [0.3, 0.4) is 0 Å². The summed E-state index contributed by atoms with van der Waals surface area (Å²) in [7, 11) is 1.27. The molecule has 0 aromatic carbocycles. The summed E-state index contributed by atoms with van der Waals surface area (Å²) >= 11 is 0. The van der Waals surface area contributed by atoms with Crippen molar-refractivity contribution < 1.29 is 19.2 Å². The van der Waals surface area contributed by atoms with Gasteiger partial charge in [0.15, 0.2) is 0 Å². The average Bonchev–Trinajstić information content (AvgIpc) is 2.42. The molecule has 82 valence electrons. The third kappa shape index (κ3) is 2.22. The molecule has 0 aromatic heterocycles. The highest BCUT2D eigenvalue weighted by Crippen LogP contribution is 2.07. The minimum absolute atomic E-state index is 0.320. The molecule has 8 heteroatoms. The van der Waals surface area contributed by atoms with Gasteiger partial charge in [-0.2, -0.15) is 0 Å². The molecule has 1 rings (SSSR count). The van der Waals surface area contributed by atoms with Gasteiger partial charge in [0.25, 0.3) is 5.91 Å². The van der Waals surface area contributed by atoms with E-state index in [-0.39, 0.29) is 13.1 Å². The lowest BCUT2D eigenvalue weighted by Gasteiger charge is -2.12. The van der Waals surface area contributed by atoms with Crippen molar-refractivity contribution in [2.75, 3.05) is 20.1 Å². The molecule has 0 bridgehead atoms. The van der Waals surface area contributed by atoms with Crippen LogP contribution in [0.2, 0.25) is 0 Å². The number of hydrogen-bond donors (Lipinski definition) is 2. The highest BCUT2D eigenvalue weighted by atomic mass is 16.2. The number of carbonyl (C=O) groups is 4. The summed E-state index contributed by atoms with van der Waals surface area (Å²) in [6.45, 7) is -0.694. The van der Waals surface area contributed by atoms with Crippen LogP contribution in [-0.4, -0.2) is 53.8 Å². The van der Waals surface area contributed by atoms with E-state index in [0.29, 0.717) is 4.90 Å². The van der Waals surface area contributed by atoms with Gasteiger partial charge in [-0.25, -0.2) is 14.5 Å². The number of hydrogen-bond acceptors (Lipinski definition) is 4. The molecule has 0 aromatic rings. The fourth-order valence-electron chi connectivity index (χ4n) is 1.01. The maximum Gasteiger partial charge on any atom is 0.335 e. The van der Waals surface area contributed by atoms with E-state index in [0.717, 1.165) is 4.90 Å². The lowest BCUT2D eigenvalue weighted by Crippen LogP contribution is -2.44. The molecule has 1 fully saturated rings. The second-order valence-corrected chi connectivity index (χ2v) is 2.95. The number of nitrogens with two attached hydrogens (primary N) is 1. The lowest BCUT2D eigenvalue weighted by atomic mass is 10.5.